The van der Waals surface area contributed by atoms with Crippen molar-refractivity contribution in [2.24, 2.45) is 17.6 Å². The molecule has 0 radical (unpaired) electrons. The molecule has 0 aliphatic heterocycles. The van der Waals surface area contributed by atoms with Crippen LogP contribution in [0.4, 0.5) is 0 Å². The maximum Gasteiger partial charge on any atom is 0.224 e. The third-order valence-electron chi connectivity index (χ3n) is 2.79. The summed E-state index contributed by atoms with van der Waals surface area (Å²) >= 11 is 0. The first-order chi connectivity index (χ1) is 7.38. The maximum atomic E-state index is 11.6. The van der Waals surface area contributed by atoms with Gasteiger partial charge in [0.15, 0.2) is 0 Å². The fourth-order valence-corrected chi connectivity index (χ4v) is 1.52. The van der Waals surface area contributed by atoms with E-state index in [9.17, 15) is 4.79 Å². The van der Waals surface area contributed by atoms with E-state index in [1.165, 1.54) is 0 Å². The molecule has 16 heavy (non-hydrogen) atoms. The third-order valence-corrected chi connectivity index (χ3v) is 2.79. The molecular weight excluding hydrogens is 202 g/mol. The summed E-state index contributed by atoms with van der Waals surface area (Å²) in [5.74, 6) is 0.594. The second-order valence-electron chi connectivity index (χ2n) is 5.13. The molecule has 2 unspecified atom stereocenters. The molecule has 0 aromatic carbocycles. The number of amides is 1. The standard InChI is InChI=1S/C12H27N3O/c1-9(2)6-11(15(4)5)8-14-12(16)10(3)7-13/h9-11H,6-8,13H2,1-5H3,(H,14,16). The van der Waals surface area contributed by atoms with Crippen LogP contribution in [0, 0.1) is 11.8 Å². The Balaban J connectivity index is 4.06. The van der Waals surface area contributed by atoms with Gasteiger partial charge in [-0.2, -0.15) is 0 Å². The molecule has 0 rings (SSSR count). The zero-order valence-corrected chi connectivity index (χ0v) is 11.3. The van der Waals surface area contributed by atoms with E-state index in [1.807, 2.05) is 21.0 Å². The van der Waals surface area contributed by atoms with Crippen molar-refractivity contribution in [3.63, 3.8) is 0 Å². The largest absolute Gasteiger partial charge is 0.354 e. The van der Waals surface area contributed by atoms with Gasteiger partial charge in [0.2, 0.25) is 5.91 Å². The molecule has 4 heteroatoms. The van der Waals surface area contributed by atoms with Crippen molar-refractivity contribution in [3.05, 3.63) is 0 Å². The highest BCUT2D eigenvalue weighted by molar-refractivity contribution is 5.78. The van der Waals surface area contributed by atoms with Crippen LogP contribution in [0.25, 0.3) is 0 Å². The molecule has 0 saturated heterocycles. The van der Waals surface area contributed by atoms with Crippen LogP contribution in [0.5, 0.6) is 0 Å². The topological polar surface area (TPSA) is 58.4 Å². The van der Waals surface area contributed by atoms with E-state index in [1.54, 1.807) is 0 Å². The zero-order valence-electron chi connectivity index (χ0n) is 11.3. The predicted octanol–water partition coefficient (Wildman–Crippen LogP) is 0.674. The van der Waals surface area contributed by atoms with Crippen LogP contribution in [0.1, 0.15) is 27.2 Å². The molecule has 0 spiro atoms. The molecule has 96 valence electrons. The lowest BCUT2D eigenvalue weighted by molar-refractivity contribution is -0.124. The van der Waals surface area contributed by atoms with Gasteiger partial charge in [-0.05, 0) is 26.4 Å². The minimum absolute atomic E-state index is 0.0538. The second-order valence-corrected chi connectivity index (χ2v) is 5.13. The number of hydrogen-bond acceptors (Lipinski definition) is 3. The highest BCUT2D eigenvalue weighted by Gasteiger charge is 2.16. The summed E-state index contributed by atoms with van der Waals surface area (Å²) in [5.41, 5.74) is 5.45. The van der Waals surface area contributed by atoms with Gasteiger partial charge in [-0.3, -0.25) is 4.79 Å². The van der Waals surface area contributed by atoms with Crippen LogP contribution in [0.3, 0.4) is 0 Å². The van der Waals surface area contributed by atoms with Crippen molar-refractivity contribution in [2.45, 2.75) is 33.2 Å². The monoisotopic (exact) mass is 229 g/mol. The number of nitrogens with one attached hydrogen (secondary N) is 1. The number of carbonyl (C=O) groups excluding carboxylic acids is 1. The van der Waals surface area contributed by atoms with Gasteiger partial charge in [0.05, 0.1) is 0 Å². The van der Waals surface area contributed by atoms with Gasteiger partial charge in [0, 0.05) is 25.0 Å². The number of hydrogen-bond donors (Lipinski definition) is 2. The van der Waals surface area contributed by atoms with Crippen LogP contribution in [-0.2, 0) is 4.79 Å². The summed E-state index contributed by atoms with van der Waals surface area (Å²) in [6.45, 7) is 7.35. The van der Waals surface area contributed by atoms with Crippen LogP contribution < -0.4 is 11.1 Å². The average molecular weight is 229 g/mol. The Kier molecular flexibility index (Phi) is 7.34. The van der Waals surface area contributed by atoms with E-state index in [0.717, 1.165) is 6.42 Å². The molecule has 0 saturated carbocycles. The van der Waals surface area contributed by atoms with Crippen LogP contribution in [0.15, 0.2) is 0 Å². The Morgan fingerprint density at radius 1 is 1.31 bits per heavy atom. The quantitative estimate of drug-likeness (QED) is 0.675. The Hall–Kier alpha value is -0.610. The van der Waals surface area contributed by atoms with Crippen molar-refractivity contribution in [1.82, 2.24) is 10.2 Å². The lowest BCUT2D eigenvalue weighted by Gasteiger charge is -2.26. The first-order valence-corrected chi connectivity index (χ1v) is 6.02. The third kappa shape index (κ3) is 6.08. The maximum absolute atomic E-state index is 11.6. The molecule has 0 fully saturated rings. The molecular formula is C12H27N3O. The summed E-state index contributed by atoms with van der Waals surface area (Å²) in [6.07, 6.45) is 1.09. The van der Waals surface area contributed by atoms with Crippen LogP contribution in [0.2, 0.25) is 0 Å². The van der Waals surface area contributed by atoms with Crippen molar-refractivity contribution in [3.8, 4) is 0 Å². The van der Waals surface area contributed by atoms with E-state index >= 15 is 0 Å². The van der Waals surface area contributed by atoms with Crippen LogP contribution >= 0.6 is 0 Å². The van der Waals surface area contributed by atoms with Gasteiger partial charge in [0.25, 0.3) is 0 Å². The first kappa shape index (κ1) is 15.4. The fourth-order valence-electron chi connectivity index (χ4n) is 1.52. The summed E-state index contributed by atoms with van der Waals surface area (Å²) in [5, 5.41) is 2.96. The van der Waals surface area contributed by atoms with Gasteiger partial charge in [-0.15, -0.1) is 0 Å². The van der Waals surface area contributed by atoms with Crippen molar-refractivity contribution < 1.29 is 4.79 Å². The van der Waals surface area contributed by atoms with Crippen molar-refractivity contribution >= 4 is 5.91 Å². The van der Waals surface area contributed by atoms with Crippen LogP contribution in [-0.4, -0.2) is 44.0 Å². The number of likely N-dealkylation sites (N-methyl/N-ethyl adjacent to an activating group) is 1. The molecule has 0 aliphatic rings. The van der Waals surface area contributed by atoms with Gasteiger partial charge in [-0.1, -0.05) is 20.8 Å². The molecule has 2 atom stereocenters. The summed E-state index contributed by atoms with van der Waals surface area (Å²) in [6, 6.07) is 0.397. The average Bonchev–Trinajstić information content (AvgIpc) is 2.21. The summed E-state index contributed by atoms with van der Waals surface area (Å²) in [4.78, 5) is 13.7. The minimum atomic E-state index is -0.0955. The van der Waals surface area contributed by atoms with E-state index < -0.39 is 0 Å². The van der Waals surface area contributed by atoms with Gasteiger partial charge < -0.3 is 16.0 Å². The molecule has 0 aromatic heterocycles. The van der Waals surface area contributed by atoms with E-state index in [0.29, 0.717) is 25.0 Å². The van der Waals surface area contributed by atoms with E-state index in [-0.39, 0.29) is 11.8 Å². The SMILES string of the molecule is CC(C)CC(CNC(=O)C(C)CN)N(C)C. The molecule has 0 aliphatic carbocycles. The fraction of sp³-hybridized carbons (Fsp3) is 0.917. The number of carbonyl (C=O) groups is 1. The Morgan fingerprint density at radius 3 is 2.25 bits per heavy atom. The molecule has 1 amide bonds. The molecule has 3 N–H and O–H groups in total. The summed E-state index contributed by atoms with van der Waals surface area (Å²) in [7, 11) is 4.09. The Labute approximate surface area is 99.6 Å². The lowest BCUT2D eigenvalue weighted by Crippen LogP contribution is -2.43. The van der Waals surface area contributed by atoms with Crippen molar-refractivity contribution in [1.29, 1.82) is 0 Å². The number of rotatable bonds is 7. The lowest BCUT2D eigenvalue weighted by atomic mass is 10.0. The van der Waals surface area contributed by atoms with Gasteiger partial charge in [0.1, 0.15) is 0 Å². The summed E-state index contributed by atoms with van der Waals surface area (Å²) < 4.78 is 0. The van der Waals surface area contributed by atoms with Gasteiger partial charge >= 0.3 is 0 Å². The zero-order chi connectivity index (χ0) is 12.7. The van der Waals surface area contributed by atoms with E-state index in [4.69, 9.17) is 5.73 Å². The minimum Gasteiger partial charge on any atom is -0.354 e. The molecule has 0 bridgehead atoms. The highest BCUT2D eigenvalue weighted by Crippen LogP contribution is 2.08. The molecule has 0 aromatic rings. The van der Waals surface area contributed by atoms with Crippen molar-refractivity contribution in [2.75, 3.05) is 27.2 Å². The normalized spacial score (nSPS) is 15.2. The second kappa shape index (κ2) is 7.63. The Bertz CT molecular complexity index is 204. The predicted molar refractivity (Wildman–Crippen MR) is 68.2 cm³/mol. The number of nitrogens with zero attached hydrogens (tertiary/aromatic N) is 1. The Morgan fingerprint density at radius 2 is 1.88 bits per heavy atom. The van der Waals surface area contributed by atoms with E-state index in [2.05, 4.69) is 24.1 Å². The molecule has 0 heterocycles. The smallest absolute Gasteiger partial charge is 0.224 e. The highest BCUT2D eigenvalue weighted by atomic mass is 16.1. The van der Waals surface area contributed by atoms with Gasteiger partial charge in [-0.25, -0.2) is 0 Å². The number of nitrogens with two attached hydrogens (primary N) is 1. The molecule has 4 nitrogen and oxygen atoms in total. The first-order valence-electron chi connectivity index (χ1n) is 6.02.